The normalized spacial score (nSPS) is 8.71. The third kappa shape index (κ3) is 22.7. The van der Waals surface area contributed by atoms with Crippen molar-refractivity contribution in [3.05, 3.63) is 0 Å². The third-order valence-electron chi connectivity index (χ3n) is 1.05. The summed E-state index contributed by atoms with van der Waals surface area (Å²) in [5, 5.41) is 17.6. The Bertz CT molecular complexity index is 143. The van der Waals surface area contributed by atoms with Crippen molar-refractivity contribution in [2.24, 2.45) is 0 Å². The molecule has 0 aliphatic heterocycles. The number of carboxylic acids is 2. The minimum Gasteiger partial charge on any atom is -0.481 e. The highest BCUT2D eigenvalue weighted by Gasteiger charge is 1.92. The quantitative estimate of drug-likeness (QED) is 0.732. The zero-order chi connectivity index (χ0) is 11.4. The number of aliphatic carboxylic acids is 2. The number of carbonyl (C=O) groups is 2. The maximum atomic E-state index is 9.74. The van der Waals surface area contributed by atoms with E-state index in [2.05, 4.69) is 31.9 Å². The van der Waals surface area contributed by atoms with Gasteiger partial charge < -0.3 is 10.2 Å². The van der Waals surface area contributed by atoms with Gasteiger partial charge in [-0.1, -0.05) is 31.9 Å². The van der Waals surface area contributed by atoms with Crippen LogP contribution in [0.1, 0.15) is 25.7 Å². The van der Waals surface area contributed by atoms with Crippen molar-refractivity contribution in [3.63, 3.8) is 0 Å². The van der Waals surface area contributed by atoms with Crippen LogP contribution in [-0.4, -0.2) is 32.8 Å². The fraction of sp³-hybridized carbons (Fsp3) is 0.750. The van der Waals surface area contributed by atoms with E-state index in [0.29, 0.717) is 0 Å². The molecule has 4 nitrogen and oxygen atoms in total. The summed E-state index contributed by atoms with van der Waals surface area (Å²) in [4.78, 5) is 19.5. The van der Waals surface area contributed by atoms with Crippen LogP contribution >= 0.6 is 31.9 Å². The molecule has 0 aromatic carbocycles. The highest BCUT2D eigenvalue weighted by atomic mass is 79.9. The average Bonchev–Trinajstić information content (AvgIpc) is 2.12. The van der Waals surface area contributed by atoms with E-state index < -0.39 is 11.9 Å². The highest BCUT2D eigenvalue weighted by Crippen LogP contribution is 1.92. The summed E-state index contributed by atoms with van der Waals surface area (Å²) in [6.07, 6.45) is 1.97. The van der Waals surface area contributed by atoms with E-state index in [-0.39, 0.29) is 12.8 Å². The molecule has 0 radical (unpaired) electrons. The van der Waals surface area contributed by atoms with Crippen LogP contribution in [0.4, 0.5) is 0 Å². The van der Waals surface area contributed by atoms with Crippen LogP contribution in [0.3, 0.4) is 0 Å². The number of rotatable bonds is 6. The Morgan fingerprint density at radius 2 is 1.14 bits per heavy atom. The molecule has 84 valence electrons. The zero-order valence-corrected chi connectivity index (χ0v) is 10.9. The van der Waals surface area contributed by atoms with Crippen LogP contribution in [0, 0.1) is 0 Å². The lowest BCUT2D eigenvalue weighted by Crippen LogP contribution is -1.93. The van der Waals surface area contributed by atoms with Gasteiger partial charge >= 0.3 is 11.9 Å². The standard InChI is InChI=1S/2C4H7BrO2/c2*5-3-1-2-4(6)7/h2*1-3H2,(H,6,7). The largest absolute Gasteiger partial charge is 0.481 e. The molecule has 0 amide bonds. The first-order valence-corrected chi connectivity index (χ1v) is 6.34. The van der Waals surface area contributed by atoms with Gasteiger partial charge in [0.05, 0.1) is 0 Å². The van der Waals surface area contributed by atoms with Crippen LogP contribution < -0.4 is 0 Å². The number of hydrogen-bond donors (Lipinski definition) is 2. The van der Waals surface area contributed by atoms with Gasteiger partial charge in [0.25, 0.3) is 0 Å². The second-order valence-corrected chi connectivity index (χ2v) is 3.96. The zero-order valence-electron chi connectivity index (χ0n) is 7.71. The first-order valence-electron chi connectivity index (χ1n) is 4.10. The van der Waals surface area contributed by atoms with Crippen molar-refractivity contribution in [2.75, 3.05) is 10.7 Å². The summed E-state index contributed by atoms with van der Waals surface area (Å²) in [5.74, 6) is -1.45. The molecule has 0 saturated heterocycles. The Morgan fingerprint density at radius 1 is 0.857 bits per heavy atom. The van der Waals surface area contributed by atoms with E-state index in [9.17, 15) is 9.59 Å². The molecule has 0 rings (SSSR count). The minimum atomic E-state index is -0.723. The molecule has 0 aliphatic carbocycles. The van der Waals surface area contributed by atoms with E-state index in [1.54, 1.807) is 0 Å². The van der Waals surface area contributed by atoms with Crippen LogP contribution in [0.2, 0.25) is 0 Å². The molecule has 0 unspecified atom stereocenters. The van der Waals surface area contributed by atoms with Crippen molar-refractivity contribution >= 4 is 43.8 Å². The Kier molecular flexibility index (Phi) is 15.1. The molecule has 6 heteroatoms. The highest BCUT2D eigenvalue weighted by molar-refractivity contribution is 9.09. The number of alkyl halides is 2. The van der Waals surface area contributed by atoms with Gasteiger partial charge in [0, 0.05) is 23.5 Å². The predicted octanol–water partition coefficient (Wildman–Crippen LogP) is 2.49. The van der Waals surface area contributed by atoms with E-state index in [4.69, 9.17) is 10.2 Å². The molecule has 0 spiro atoms. The molecule has 0 saturated carbocycles. The summed E-state index contributed by atoms with van der Waals surface area (Å²) in [5.41, 5.74) is 0. The van der Waals surface area contributed by atoms with Gasteiger partial charge in [-0.15, -0.1) is 0 Å². The Morgan fingerprint density at radius 3 is 1.21 bits per heavy atom. The minimum absolute atomic E-state index is 0.269. The first kappa shape index (κ1) is 16.3. The molecule has 14 heavy (non-hydrogen) atoms. The van der Waals surface area contributed by atoms with E-state index in [1.807, 2.05) is 0 Å². The van der Waals surface area contributed by atoms with Gasteiger partial charge in [-0.2, -0.15) is 0 Å². The fourth-order valence-electron chi connectivity index (χ4n) is 0.436. The summed E-state index contributed by atoms with van der Waals surface area (Å²) < 4.78 is 0. The molecule has 0 aromatic rings. The van der Waals surface area contributed by atoms with Crippen LogP contribution in [0.5, 0.6) is 0 Å². The van der Waals surface area contributed by atoms with E-state index >= 15 is 0 Å². The summed E-state index contributed by atoms with van der Waals surface area (Å²) in [6.45, 7) is 0. The lowest BCUT2D eigenvalue weighted by atomic mass is 10.3. The van der Waals surface area contributed by atoms with Crippen molar-refractivity contribution in [2.45, 2.75) is 25.7 Å². The average molecular weight is 334 g/mol. The van der Waals surface area contributed by atoms with Crippen LogP contribution in [-0.2, 0) is 9.59 Å². The molecule has 0 aromatic heterocycles. The maximum absolute atomic E-state index is 9.74. The lowest BCUT2D eigenvalue weighted by molar-refractivity contribution is -0.138. The van der Waals surface area contributed by atoms with Crippen LogP contribution in [0.15, 0.2) is 0 Å². The molecule has 2 N–H and O–H groups in total. The topological polar surface area (TPSA) is 74.6 Å². The number of halogens is 2. The van der Waals surface area contributed by atoms with Gasteiger partial charge in [-0.05, 0) is 12.8 Å². The number of carboxylic acid groups (broad SMARTS) is 2. The Hall–Kier alpha value is -0.100. The molecule has 0 atom stereocenters. The second-order valence-electron chi connectivity index (χ2n) is 2.37. The molecule has 0 aliphatic rings. The third-order valence-corrected chi connectivity index (χ3v) is 2.17. The smallest absolute Gasteiger partial charge is 0.303 e. The second kappa shape index (κ2) is 12.9. The molecule has 0 bridgehead atoms. The van der Waals surface area contributed by atoms with Crippen LogP contribution in [0.25, 0.3) is 0 Å². The monoisotopic (exact) mass is 332 g/mol. The number of hydrogen-bond acceptors (Lipinski definition) is 2. The summed E-state index contributed by atoms with van der Waals surface area (Å²) in [6, 6.07) is 0. The van der Waals surface area contributed by atoms with Gasteiger partial charge in [0.15, 0.2) is 0 Å². The van der Waals surface area contributed by atoms with Crippen molar-refractivity contribution in [1.29, 1.82) is 0 Å². The van der Waals surface area contributed by atoms with Crippen molar-refractivity contribution < 1.29 is 19.8 Å². The summed E-state index contributed by atoms with van der Waals surface area (Å²) >= 11 is 6.23. The molecule has 0 fully saturated rings. The van der Waals surface area contributed by atoms with Gasteiger partial charge in [0.1, 0.15) is 0 Å². The fourth-order valence-corrected chi connectivity index (χ4v) is 0.997. The molecular weight excluding hydrogens is 320 g/mol. The van der Waals surface area contributed by atoms with Crippen molar-refractivity contribution in [3.8, 4) is 0 Å². The lowest BCUT2D eigenvalue weighted by Gasteiger charge is -1.84. The molecule has 0 heterocycles. The van der Waals surface area contributed by atoms with E-state index in [0.717, 1.165) is 23.5 Å². The van der Waals surface area contributed by atoms with Crippen molar-refractivity contribution in [1.82, 2.24) is 0 Å². The molecular formula is C8H14Br2O4. The van der Waals surface area contributed by atoms with Gasteiger partial charge in [-0.3, -0.25) is 9.59 Å². The summed E-state index contributed by atoms with van der Waals surface area (Å²) in [7, 11) is 0. The SMILES string of the molecule is O=C(O)CCCBr.O=C(O)CCCBr. The first-order chi connectivity index (χ1) is 6.54. The Balaban J connectivity index is 0. The van der Waals surface area contributed by atoms with Gasteiger partial charge in [-0.25, -0.2) is 0 Å². The maximum Gasteiger partial charge on any atom is 0.303 e. The Labute approximate surface area is 99.9 Å². The van der Waals surface area contributed by atoms with Gasteiger partial charge in [0.2, 0.25) is 0 Å². The van der Waals surface area contributed by atoms with E-state index in [1.165, 1.54) is 0 Å². The predicted molar refractivity (Wildman–Crippen MR) is 61.3 cm³/mol.